The number of ether oxygens (including phenoxy) is 2. The van der Waals surface area contributed by atoms with E-state index in [0.29, 0.717) is 36.1 Å². The van der Waals surface area contributed by atoms with Gasteiger partial charge in [-0.25, -0.2) is 9.97 Å². The molecule has 3 aliphatic rings. The van der Waals surface area contributed by atoms with Gasteiger partial charge in [0.05, 0.1) is 12.7 Å². The topological polar surface area (TPSA) is 76.6 Å². The molecule has 1 amide bonds. The van der Waals surface area contributed by atoms with E-state index in [-0.39, 0.29) is 12.0 Å². The molecule has 7 heteroatoms. The van der Waals surface area contributed by atoms with Gasteiger partial charge in [0.25, 0.3) is 5.91 Å². The van der Waals surface area contributed by atoms with E-state index in [9.17, 15) is 4.79 Å². The summed E-state index contributed by atoms with van der Waals surface area (Å²) in [6, 6.07) is 11.6. The van der Waals surface area contributed by atoms with Gasteiger partial charge < -0.3 is 19.7 Å². The third-order valence-corrected chi connectivity index (χ3v) is 8.70. The molecular weight excluding hydrogens is 464 g/mol. The first-order valence-electron chi connectivity index (χ1n) is 14.1. The molecule has 5 rings (SSSR count). The van der Waals surface area contributed by atoms with Crippen LogP contribution in [0.4, 0.5) is 0 Å². The smallest absolute Gasteiger partial charge is 0.272 e. The first-order valence-corrected chi connectivity index (χ1v) is 14.1. The molecule has 1 N–H and O–H groups in total. The molecule has 1 saturated carbocycles. The molecule has 1 aliphatic carbocycles. The predicted octanol–water partition coefficient (Wildman–Crippen LogP) is 4.22. The molecule has 2 aliphatic heterocycles. The molecule has 0 bridgehead atoms. The van der Waals surface area contributed by atoms with Crippen molar-refractivity contribution in [1.29, 1.82) is 0 Å². The summed E-state index contributed by atoms with van der Waals surface area (Å²) in [6.07, 6.45) is 7.50. The number of aryl methyl sites for hydroxylation is 2. The van der Waals surface area contributed by atoms with Gasteiger partial charge in [-0.1, -0.05) is 30.3 Å². The lowest BCUT2D eigenvalue weighted by molar-refractivity contribution is -0.0533. The van der Waals surface area contributed by atoms with E-state index in [1.807, 2.05) is 18.7 Å². The van der Waals surface area contributed by atoms with Crippen LogP contribution in [0.2, 0.25) is 0 Å². The summed E-state index contributed by atoms with van der Waals surface area (Å²) in [7, 11) is 1.75. The largest absolute Gasteiger partial charge is 0.379 e. The number of nitrogens with one attached hydrogen (secondary N) is 1. The second kappa shape index (κ2) is 12.0. The Morgan fingerprint density at radius 1 is 1.11 bits per heavy atom. The molecule has 3 fully saturated rings. The van der Waals surface area contributed by atoms with E-state index >= 15 is 0 Å². The summed E-state index contributed by atoms with van der Waals surface area (Å²) in [5.41, 5.74) is 4.06. The lowest BCUT2D eigenvalue weighted by atomic mass is 9.69. The van der Waals surface area contributed by atoms with Gasteiger partial charge in [-0.3, -0.25) is 4.79 Å². The van der Waals surface area contributed by atoms with Crippen LogP contribution < -0.4 is 5.32 Å². The number of aromatic nitrogens is 2. The summed E-state index contributed by atoms with van der Waals surface area (Å²) < 4.78 is 11.2. The predicted molar refractivity (Wildman–Crippen MR) is 144 cm³/mol. The zero-order chi connectivity index (χ0) is 25.8. The molecule has 2 atom stereocenters. The number of methoxy groups -OCH3 is 1. The highest BCUT2D eigenvalue weighted by atomic mass is 16.5. The average Bonchev–Trinajstić information content (AvgIpc) is 2.90. The third kappa shape index (κ3) is 6.21. The third-order valence-electron chi connectivity index (χ3n) is 8.70. The number of benzene rings is 1. The zero-order valence-electron chi connectivity index (χ0n) is 22.6. The first kappa shape index (κ1) is 26.3. The van der Waals surface area contributed by atoms with E-state index in [1.54, 1.807) is 7.11 Å². The van der Waals surface area contributed by atoms with E-state index in [1.165, 1.54) is 18.4 Å². The van der Waals surface area contributed by atoms with Crippen molar-refractivity contribution in [1.82, 2.24) is 20.2 Å². The molecular formula is C30H42N4O3. The Labute approximate surface area is 221 Å². The lowest BCUT2D eigenvalue weighted by Gasteiger charge is -2.38. The molecule has 200 valence electrons. The van der Waals surface area contributed by atoms with Gasteiger partial charge in [-0.05, 0) is 76.2 Å². The lowest BCUT2D eigenvalue weighted by Crippen LogP contribution is -2.54. The van der Waals surface area contributed by atoms with Crippen LogP contribution in [0.5, 0.6) is 0 Å². The monoisotopic (exact) mass is 506 g/mol. The van der Waals surface area contributed by atoms with E-state index < -0.39 is 0 Å². The van der Waals surface area contributed by atoms with Gasteiger partial charge >= 0.3 is 0 Å². The minimum Gasteiger partial charge on any atom is -0.379 e. The second-order valence-electron chi connectivity index (χ2n) is 11.2. The summed E-state index contributed by atoms with van der Waals surface area (Å²) >= 11 is 0. The molecule has 3 heterocycles. The second-order valence-corrected chi connectivity index (χ2v) is 11.2. The Morgan fingerprint density at radius 2 is 1.86 bits per heavy atom. The Bertz CT molecular complexity index is 1050. The molecule has 1 aromatic heterocycles. The van der Waals surface area contributed by atoms with Gasteiger partial charge in [0.2, 0.25) is 0 Å². The Balaban J connectivity index is 1.14. The standard InChI is InChI=1S/C30H42N4O3/c1-20-26(10-9-22-17-24(18-22)23-7-5-4-6-8-23)31-21(2)32-29(20)30(35)34-14-11-25(12-15-34)33-27-13-16-37-19-28(27)36-3/h4-8,22,24-25,27-28,33H,9-19H2,1-3H3/t22?,24?,27-,28+/m1/s1. The molecule has 0 spiro atoms. The number of piperidine rings is 1. The van der Waals surface area contributed by atoms with Crippen LogP contribution in [0.3, 0.4) is 0 Å². The minimum atomic E-state index is 0.0521. The van der Waals surface area contributed by atoms with Crippen LogP contribution in [0, 0.1) is 19.8 Å². The Morgan fingerprint density at radius 3 is 2.59 bits per heavy atom. The van der Waals surface area contributed by atoms with Crippen LogP contribution in [-0.4, -0.2) is 72.4 Å². The summed E-state index contributed by atoms with van der Waals surface area (Å²) in [5, 5.41) is 3.77. The van der Waals surface area contributed by atoms with Crippen LogP contribution in [0.15, 0.2) is 30.3 Å². The SMILES string of the molecule is CO[C@H]1COCC[C@H]1NC1CCN(C(=O)c2nc(C)nc(CCC3CC(c4ccccc4)C3)c2C)CC1. The highest BCUT2D eigenvalue weighted by Crippen LogP contribution is 2.43. The highest BCUT2D eigenvalue weighted by Gasteiger charge is 2.32. The maximum Gasteiger partial charge on any atom is 0.272 e. The van der Waals surface area contributed by atoms with E-state index in [2.05, 4.69) is 40.6 Å². The van der Waals surface area contributed by atoms with Crippen molar-refractivity contribution >= 4 is 5.91 Å². The van der Waals surface area contributed by atoms with Crippen molar-refractivity contribution in [3.8, 4) is 0 Å². The number of amides is 1. The van der Waals surface area contributed by atoms with Crippen molar-refractivity contribution in [2.75, 3.05) is 33.4 Å². The van der Waals surface area contributed by atoms with Gasteiger partial charge in [-0.2, -0.15) is 0 Å². The molecule has 2 saturated heterocycles. The normalized spacial score (nSPS) is 26.6. The summed E-state index contributed by atoms with van der Waals surface area (Å²) in [5.74, 6) is 2.18. The fraction of sp³-hybridized carbons (Fsp3) is 0.633. The zero-order valence-corrected chi connectivity index (χ0v) is 22.6. The molecule has 37 heavy (non-hydrogen) atoms. The van der Waals surface area contributed by atoms with Crippen molar-refractivity contribution in [2.45, 2.75) is 82.9 Å². The van der Waals surface area contributed by atoms with Crippen LogP contribution in [-0.2, 0) is 15.9 Å². The molecule has 2 aromatic rings. The Hall–Kier alpha value is -2.35. The summed E-state index contributed by atoms with van der Waals surface area (Å²) in [6.45, 7) is 6.85. The number of carbonyl (C=O) groups is 1. The maximum absolute atomic E-state index is 13.5. The number of rotatable bonds is 8. The molecule has 0 unspecified atom stereocenters. The van der Waals surface area contributed by atoms with Gasteiger partial charge in [0, 0.05) is 50.1 Å². The molecule has 7 nitrogen and oxygen atoms in total. The number of nitrogens with zero attached hydrogens (tertiary/aromatic N) is 3. The molecule has 1 aromatic carbocycles. The first-order chi connectivity index (χ1) is 18.0. The van der Waals surface area contributed by atoms with Crippen molar-refractivity contribution in [3.05, 3.63) is 58.7 Å². The van der Waals surface area contributed by atoms with Crippen LogP contribution in [0.1, 0.15) is 77.6 Å². The highest BCUT2D eigenvalue weighted by molar-refractivity contribution is 5.94. The fourth-order valence-corrected chi connectivity index (χ4v) is 6.28. The van der Waals surface area contributed by atoms with Crippen LogP contribution in [0.25, 0.3) is 0 Å². The van der Waals surface area contributed by atoms with Crippen molar-refractivity contribution < 1.29 is 14.3 Å². The van der Waals surface area contributed by atoms with Crippen molar-refractivity contribution in [3.63, 3.8) is 0 Å². The van der Waals surface area contributed by atoms with Crippen LogP contribution >= 0.6 is 0 Å². The average molecular weight is 507 g/mol. The number of likely N-dealkylation sites (tertiary alicyclic amines) is 1. The van der Waals surface area contributed by atoms with Gasteiger partial charge in [-0.15, -0.1) is 0 Å². The minimum absolute atomic E-state index is 0.0521. The van der Waals surface area contributed by atoms with E-state index in [4.69, 9.17) is 14.5 Å². The quantitative estimate of drug-likeness (QED) is 0.578. The number of carbonyl (C=O) groups excluding carboxylic acids is 1. The fourth-order valence-electron chi connectivity index (χ4n) is 6.28. The van der Waals surface area contributed by atoms with Gasteiger partial charge in [0.1, 0.15) is 11.5 Å². The maximum atomic E-state index is 13.5. The van der Waals surface area contributed by atoms with Crippen molar-refractivity contribution in [2.24, 2.45) is 5.92 Å². The summed E-state index contributed by atoms with van der Waals surface area (Å²) in [4.78, 5) is 24.8. The molecule has 0 radical (unpaired) electrons. The number of hydrogen-bond acceptors (Lipinski definition) is 6. The number of hydrogen-bond donors (Lipinski definition) is 1. The van der Waals surface area contributed by atoms with Gasteiger partial charge in [0.15, 0.2) is 0 Å². The van der Waals surface area contributed by atoms with E-state index in [0.717, 1.165) is 69.0 Å². The Kier molecular flexibility index (Phi) is 8.53.